The number of ether oxygens (including phenoxy) is 1. The lowest BCUT2D eigenvalue weighted by molar-refractivity contribution is -0.127. The number of halogens is 1. The molecule has 0 bridgehead atoms. The van der Waals surface area contributed by atoms with Crippen molar-refractivity contribution >= 4 is 41.5 Å². The Labute approximate surface area is 183 Å². The average Bonchev–Trinajstić information content (AvgIpc) is 2.96. The van der Waals surface area contributed by atoms with Crippen molar-refractivity contribution in [3.05, 3.63) is 65.7 Å². The van der Waals surface area contributed by atoms with Crippen LogP contribution in [0.15, 0.2) is 59.6 Å². The highest BCUT2D eigenvalue weighted by atomic mass is 127. The molecule has 1 fully saturated rings. The molecule has 2 atom stereocenters. The zero-order valence-corrected chi connectivity index (χ0v) is 18.5. The number of nitrogens with zero attached hydrogens (tertiary/aromatic N) is 2. The van der Waals surface area contributed by atoms with E-state index in [1.807, 2.05) is 54.4 Å². The number of nitrogens with two attached hydrogens (primary N) is 1. The van der Waals surface area contributed by atoms with E-state index in [2.05, 4.69) is 22.4 Å². The van der Waals surface area contributed by atoms with Crippen LogP contribution in [-0.2, 0) is 16.1 Å². The normalized spacial score (nSPS) is 19.4. The zero-order valence-electron chi connectivity index (χ0n) is 16.2. The Balaban J connectivity index is 0.00000280. The van der Waals surface area contributed by atoms with Crippen molar-refractivity contribution < 1.29 is 9.53 Å². The molecule has 0 aliphatic carbocycles. The third-order valence-corrected chi connectivity index (χ3v) is 4.91. The first-order chi connectivity index (χ1) is 13.1. The van der Waals surface area contributed by atoms with Crippen LogP contribution in [0.2, 0.25) is 0 Å². The first-order valence-corrected chi connectivity index (χ1v) is 9.04. The van der Waals surface area contributed by atoms with Gasteiger partial charge in [0.25, 0.3) is 0 Å². The van der Waals surface area contributed by atoms with E-state index in [0.717, 1.165) is 16.8 Å². The summed E-state index contributed by atoms with van der Waals surface area (Å²) in [6.07, 6.45) is 0.479. The number of rotatable bonds is 6. The van der Waals surface area contributed by atoms with Crippen molar-refractivity contribution in [1.29, 1.82) is 0 Å². The molecular weight excluding hydrogens is 467 g/mol. The Morgan fingerprint density at radius 3 is 2.61 bits per heavy atom. The molecule has 28 heavy (non-hydrogen) atoms. The summed E-state index contributed by atoms with van der Waals surface area (Å²) in [5.74, 6) is 0.577. The van der Waals surface area contributed by atoms with Crippen LogP contribution in [0.4, 0.5) is 5.69 Å². The van der Waals surface area contributed by atoms with Gasteiger partial charge in [0.2, 0.25) is 5.91 Å². The van der Waals surface area contributed by atoms with Gasteiger partial charge in [-0.2, -0.15) is 0 Å². The van der Waals surface area contributed by atoms with Gasteiger partial charge in [0.1, 0.15) is 0 Å². The number of hydrogen-bond donors (Lipinski definition) is 2. The third kappa shape index (κ3) is 5.23. The molecule has 3 rings (SSSR count). The van der Waals surface area contributed by atoms with E-state index in [1.165, 1.54) is 0 Å². The SMILES string of the molecule is COCc1ccccc1NC(N)=NCC1CC(=O)N(C)C1c1ccccc1.I. The highest BCUT2D eigenvalue weighted by Crippen LogP contribution is 2.36. The van der Waals surface area contributed by atoms with E-state index < -0.39 is 0 Å². The van der Waals surface area contributed by atoms with Crippen LogP contribution in [0.5, 0.6) is 0 Å². The number of carbonyl (C=O) groups is 1. The van der Waals surface area contributed by atoms with Gasteiger partial charge in [0.05, 0.1) is 12.6 Å². The van der Waals surface area contributed by atoms with Crippen molar-refractivity contribution in [3.63, 3.8) is 0 Å². The third-order valence-electron chi connectivity index (χ3n) is 4.91. The monoisotopic (exact) mass is 494 g/mol. The highest BCUT2D eigenvalue weighted by molar-refractivity contribution is 14.0. The molecule has 0 spiro atoms. The number of anilines is 1. The predicted molar refractivity (Wildman–Crippen MR) is 123 cm³/mol. The molecule has 0 radical (unpaired) electrons. The van der Waals surface area contributed by atoms with Gasteiger partial charge in [-0.25, -0.2) is 0 Å². The Bertz CT molecular complexity index is 813. The fourth-order valence-electron chi connectivity index (χ4n) is 3.58. The van der Waals surface area contributed by atoms with Crippen molar-refractivity contribution in [2.45, 2.75) is 19.1 Å². The Hall–Kier alpha value is -2.13. The van der Waals surface area contributed by atoms with Gasteiger partial charge in [0.15, 0.2) is 5.96 Å². The number of hydrogen-bond acceptors (Lipinski definition) is 3. The van der Waals surface area contributed by atoms with Gasteiger partial charge >= 0.3 is 0 Å². The van der Waals surface area contributed by atoms with Crippen LogP contribution in [0.3, 0.4) is 0 Å². The van der Waals surface area contributed by atoms with Crippen LogP contribution in [0.1, 0.15) is 23.6 Å². The van der Waals surface area contributed by atoms with Crippen molar-refractivity contribution in [1.82, 2.24) is 4.90 Å². The molecule has 1 heterocycles. The smallest absolute Gasteiger partial charge is 0.223 e. The highest BCUT2D eigenvalue weighted by Gasteiger charge is 2.38. The molecule has 7 heteroatoms. The number of aliphatic imine (C=N–C) groups is 1. The summed E-state index contributed by atoms with van der Waals surface area (Å²) < 4.78 is 5.21. The second kappa shape index (κ2) is 10.4. The number of guanidine groups is 1. The van der Waals surface area contributed by atoms with Crippen LogP contribution in [-0.4, -0.2) is 37.5 Å². The van der Waals surface area contributed by atoms with Crippen molar-refractivity contribution in [3.8, 4) is 0 Å². The Morgan fingerprint density at radius 1 is 1.21 bits per heavy atom. The van der Waals surface area contributed by atoms with Gasteiger partial charge in [-0.1, -0.05) is 48.5 Å². The summed E-state index contributed by atoms with van der Waals surface area (Å²) >= 11 is 0. The average molecular weight is 494 g/mol. The second-order valence-electron chi connectivity index (χ2n) is 6.77. The molecule has 150 valence electrons. The van der Waals surface area contributed by atoms with Crippen molar-refractivity contribution in [2.75, 3.05) is 26.0 Å². The van der Waals surface area contributed by atoms with Gasteiger partial charge in [-0.3, -0.25) is 9.79 Å². The summed E-state index contributed by atoms with van der Waals surface area (Å²) in [6.45, 7) is 0.982. The number of likely N-dealkylation sites (tertiary alicyclic amines) is 1. The molecule has 3 N–H and O–H groups in total. The molecule has 2 aromatic rings. The van der Waals surface area contributed by atoms with E-state index in [0.29, 0.717) is 25.5 Å². The van der Waals surface area contributed by atoms with E-state index in [1.54, 1.807) is 7.11 Å². The molecule has 2 aromatic carbocycles. The Kier molecular flexibility index (Phi) is 8.25. The lowest BCUT2D eigenvalue weighted by Crippen LogP contribution is -2.27. The summed E-state index contributed by atoms with van der Waals surface area (Å²) in [5, 5.41) is 3.15. The van der Waals surface area contributed by atoms with Gasteiger partial charge in [-0.15, -0.1) is 24.0 Å². The number of para-hydroxylation sites is 1. The van der Waals surface area contributed by atoms with Crippen LogP contribution < -0.4 is 11.1 Å². The largest absolute Gasteiger partial charge is 0.380 e. The predicted octanol–water partition coefficient (Wildman–Crippen LogP) is 3.40. The molecule has 1 aliphatic rings. The maximum Gasteiger partial charge on any atom is 0.223 e. The summed E-state index contributed by atoms with van der Waals surface area (Å²) in [7, 11) is 3.51. The van der Waals surface area contributed by atoms with Gasteiger partial charge in [-0.05, 0) is 11.6 Å². The van der Waals surface area contributed by atoms with E-state index in [-0.39, 0.29) is 41.8 Å². The lowest BCUT2D eigenvalue weighted by Gasteiger charge is -2.24. The topological polar surface area (TPSA) is 80.0 Å². The summed E-state index contributed by atoms with van der Waals surface area (Å²) in [4.78, 5) is 18.6. The minimum absolute atomic E-state index is 0. The zero-order chi connectivity index (χ0) is 19.2. The number of benzene rings is 2. The minimum atomic E-state index is 0. The number of methoxy groups -OCH3 is 1. The Morgan fingerprint density at radius 2 is 1.89 bits per heavy atom. The van der Waals surface area contributed by atoms with Crippen molar-refractivity contribution in [2.24, 2.45) is 16.6 Å². The summed E-state index contributed by atoms with van der Waals surface area (Å²) in [6, 6.07) is 17.9. The van der Waals surface area contributed by atoms with Gasteiger partial charge < -0.3 is 20.7 Å². The molecule has 0 saturated carbocycles. The quantitative estimate of drug-likeness (QED) is 0.367. The molecule has 2 unspecified atom stereocenters. The minimum Gasteiger partial charge on any atom is -0.380 e. The van der Waals surface area contributed by atoms with E-state index in [4.69, 9.17) is 10.5 Å². The molecule has 6 nitrogen and oxygen atoms in total. The molecule has 0 aromatic heterocycles. The first-order valence-electron chi connectivity index (χ1n) is 9.04. The standard InChI is InChI=1S/C21H26N4O2.HI/c1-25-19(26)12-17(20(25)15-8-4-3-5-9-15)13-23-21(22)24-18-11-7-6-10-16(18)14-27-2;/h3-11,17,20H,12-14H2,1-2H3,(H3,22,23,24);1H. The number of nitrogens with one attached hydrogen (secondary N) is 1. The van der Waals surface area contributed by atoms with Crippen LogP contribution >= 0.6 is 24.0 Å². The van der Waals surface area contributed by atoms with Crippen LogP contribution in [0.25, 0.3) is 0 Å². The molecular formula is C21H27IN4O2. The summed E-state index contributed by atoms with van der Waals surface area (Å²) in [5.41, 5.74) is 9.11. The molecule has 1 amide bonds. The fraction of sp³-hybridized carbons (Fsp3) is 0.333. The maximum absolute atomic E-state index is 12.2. The maximum atomic E-state index is 12.2. The van der Waals surface area contributed by atoms with E-state index in [9.17, 15) is 4.79 Å². The first kappa shape index (κ1) is 22.2. The number of amides is 1. The van der Waals surface area contributed by atoms with Gasteiger partial charge in [0, 0.05) is 44.3 Å². The fourth-order valence-corrected chi connectivity index (χ4v) is 3.58. The number of carbonyl (C=O) groups excluding carboxylic acids is 1. The molecule has 1 saturated heterocycles. The molecule has 1 aliphatic heterocycles. The lowest BCUT2D eigenvalue weighted by atomic mass is 9.94. The van der Waals surface area contributed by atoms with E-state index >= 15 is 0 Å². The van der Waals surface area contributed by atoms with Crippen LogP contribution in [0, 0.1) is 5.92 Å². The second-order valence-corrected chi connectivity index (χ2v) is 6.77.